The first-order valence-corrected chi connectivity index (χ1v) is 13.3. The van der Waals surface area contributed by atoms with Crippen LogP contribution >= 0.6 is 0 Å². The molecule has 2 amide bonds. The van der Waals surface area contributed by atoms with Crippen molar-refractivity contribution in [3.63, 3.8) is 0 Å². The molecule has 9 heteroatoms. The van der Waals surface area contributed by atoms with Crippen molar-refractivity contribution >= 4 is 29.0 Å². The van der Waals surface area contributed by atoms with Gasteiger partial charge < -0.3 is 24.4 Å². The van der Waals surface area contributed by atoms with E-state index in [9.17, 15) is 19.5 Å². The Morgan fingerprint density at radius 1 is 1.05 bits per heavy atom. The summed E-state index contributed by atoms with van der Waals surface area (Å²) in [6.07, 6.45) is 2.31. The first-order valence-electron chi connectivity index (χ1n) is 13.3. The molecular formula is C30H33N3O6. The Balaban J connectivity index is 1.66. The molecule has 1 atom stereocenters. The number of Topliss-reactive ketones (excluding diaryl/α,β-unsaturated/α-hetero) is 1. The number of likely N-dealkylation sites (tertiary alicyclic amines) is 1. The van der Waals surface area contributed by atoms with Crippen molar-refractivity contribution in [3.05, 3.63) is 77.9 Å². The number of ether oxygens (including phenoxy) is 2. The number of carbonyl (C=O) groups excluding carboxylic acids is 3. The number of anilines is 1. The molecule has 3 aliphatic heterocycles. The molecule has 2 aromatic carbocycles. The van der Waals surface area contributed by atoms with Gasteiger partial charge in [-0.15, -0.1) is 0 Å². The zero-order valence-corrected chi connectivity index (χ0v) is 22.1. The van der Waals surface area contributed by atoms with Crippen molar-refractivity contribution in [2.75, 3.05) is 57.4 Å². The van der Waals surface area contributed by atoms with Crippen LogP contribution in [0.3, 0.4) is 0 Å². The molecule has 2 saturated heterocycles. The molecule has 0 bridgehead atoms. The van der Waals surface area contributed by atoms with E-state index in [0.717, 1.165) is 0 Å². The van der Waals surface area contributed by atoms with Gasteiger partial charge in [0.25, 0.3) is 17.6 Å². The van der Waals surface area contributed by atoms with E-state index in [-0.39, 0.29) is 17.9 Å². The van der Waals surface area contributed by atoms with Crippen LogP contribution < -0.4 is 9.64 Å². The SMILES string of the molecule is C=CCOc1ccc(/C(O)=C2\C(=O)C(=O)N(CCN3CCOCC3)C23C(=O)N(CCC)c2ccccc23)cc1. The average molecular weight is 532 g/mol. The lowest BCUT2D eigenvalue weighted by Gasteiger charge is -2.36. The van der Waals surface area contributed by atoms with E-state index < -0.39 is 23.1 Å². The maximum Gasteiger partial charge on any atom is 0.296 e. The Morgan fingerprint density at radius 3 is 2.46 bits per heavy atom. The number of hydrogen-bond donors (Lipinski definition) is 1. The van der Waals surface area contributed by atoms with Gasteiger partial charge in [-0.05, 0) is 36.8 Å². The molecule has 1 N–H and O–H groups in total. The summed E-state index contributed by atoms with van der Waals surface area (Å²) in [5.41, 5.74) is -0.483. The third-order valence-corrected chi connectivity index (χ3v) is 7.50. The number of aliphatic hydroxyl groups excluding tert-OH is 1. The highest BCUT2D eigenvalue weighted by Crippen LogP contribution is 2.53. The van der Waals surface area contributed by atoms with Gasteiger partial charge in [-0.3, -0.25) is 19.3 Å². The van der Waals surface area contributed by atoms with E-state index >= 15 is 0 Å². The number of aliphatic hydroxyl groups is 1. The van der Waals surface area contributed by atoms with Gasteiger partial charge in [-0.25, -0.2) is 0 Å². The molecule has 9 nitrogen and oxygen atoms in total. The Labute approximate surface area is 227 Å². The smallest absolute Gasteiger partial charge is 0.296 e. The normalized spacial score (nSPS) is 22.5. The molecule has 0 radical (unpaired) electrons. The van der Waals surface area contributed by atoms with E-state index in [1.807, 2.05) is 19.1 Å². The molecule has 3 aliphatic rings. The van der Waals surface area contributed by atoms with Gasteiger partial charge in [0.05, 0.1) is 24.5 Å². The number of fused-ring (bicyclic) bond motifs is 2. The molecule has 1 spiro atoms. The largest absolute Gasteiger partial charge is 0.507 e. The summed E-state index contributed by atoms with van der Waals surface area (Å²) in [5.74, 6) is -1.90. The van der Waals surface area contributed by atoms with Crippen LogP contribution in [0.2, 0.25) is 0 Å². The molecule has 204 valence electrons. The molecule has 3 heterocycles. The molecule has 2 aromatic rings. The van der Waals surface area contributed by atoms with Gasteiger partial charge in [0.2, 0.25) is 0 Å². The van der Waals surface area contributed by atoms with Crippen LogP contribution in [0.15, 0.2) is 66.8 Å². The fourth-order valence-corrected chi connectivity index (χ4v) is 5.69. The van der Waals surface area contributed by atoms with E-state index in [1.54, 1.807) is 47.4 Å². The second-order valence-corrected chi connectivity index (χ2v) is 9.77. The minimum Gasteiger partial charge on any atom is -0.507 e. The fraction of sp³-hybridized carbons (Fsp3) is 0.367. The summed E-state index contributed by atoms with van der Waals surface area (Å²) >= 11 is 0. The summed E-state index contributed by atoms with van der Waals surface area (Å²) in [6.45, 7) is 9.52. The first-order chi connectivity index (χ1) is 18.9. The maximum atomic E-state index is 14.4. The van der Waals surface area contributed by atoms with Crippen molar-refractivity contribution < 1.29 is 29.0 Å². The summed E-state index contributed by atoms with van der Waals surface area (Å²) < 4.78 is 11.0. The monoisotopic (exact) mass is 531 g/mol. The summed E-state index contributed by atoms with van der Waals surface area (Å²) in [7, 11) is 0. The number of carbonyl (C=O) groups is 3. The highest BCUT2D eigenvalue weighted by atomic mass is 16.5. The number of rotatable bonds is 9. The van der Waals surface area contributed by atoms with Crippen molar-refractivity contribution in [2.24, 2.45) is 0 Å². The average Bonchev–Trinajstić information content (AvgIpc) is 3.34. The molecule has 0 aromatic heterocycles. The van der Waals surface area contributed by atoms with Crippen molar-refractivity contribution in [1.82, 2.24) is 9.80 Å². The third-order valence-electron chi connectivity index (χ3n) is 7.50. The fourth-order valence-electron chi connectivity index (χ4n) is 5.69. The minimum absolute atomic E-state index is 0.149. The standard InChI is InChI=1S/C30H33N3O6/c1-3-13-32-24-8-6-5-7-23(24)30(29(32)37)25(26(34)21-9-11-22(12-10-21)39-18-4-2)27(35)28(36)33(30)15-14-31-16-19-38-20-17-31/h4-12,34H,2-3,13-20H2,1H3/b26-25-. The third kappa shape index (κ3) is 4.41. The molecule has 0 aliphatic carbocycles. The molecule has 5 rings (SSSR count). The molecular weight excluding hydrogens is 498 g/mol. The summed E-state index contributed by atoms with van der Waals surface area (Å²) in [5, 5.41) is 11.6. The maximum absolute atomic E-state index is 14.4. The predicted octanol–water partition coefficient (Wildman–Crippen LogP) is 2.92. The minimum atomic E-state index is -1.76. The molecule has 39 heavy (non-hydrogen) atoms. The Morgan fingerprint density at radius 2 is 1.77 bits per heavy atom. The first kappa shape index (κ1) is 26.6. The zero-order chi connectivity index (χ0) is 27.6. The predicted molar refractivity (Wildman–Crippen MR) is 146 cm³/mol. The van der Waals surface area contributed by atoms with E-state index in [0.29, 0.717) is 75.0 Å². The number of benzene rings is 2. The number of para-hydroxylation sites is 1. The van der Waals surface area contributed by atoms with Gasteiger partial charge in [-0.1, -0.05) is 37.8 Å². The lowest BCUT2D eigenvalue weighted by molar-refractivity contribution is -0.144. The van der Waals surface area contributed by atoms with Crippen LogP contribution in [0.4, 0.5) is 5.69 Å². The summed E-state index contributed by atoms with van der Waals surface area (Å²) in [6, 6.07) is 13.8. The highest BCUT2D eigenvalue weighted by molar-refractivity contribution is 6.50. The van der Waals surface area contributed by atoms with Gasteiger partial charge >= 0.3 is 0 Å². The summed E-state index contributed by atoms with van der Waals surface area (Å²) in [4.78, 5) is 46.9. The number of hydrogen-bond acceptors (Lipinski definition) is 7. The molecule has 2 fully saturated rings. The zero-order valence-electron chi connectivity index (χ0n) is 22.1. The highest BCUT2D eigenvalue weighted by Gasteiger charge is 2.66. The van der Waals surface area contributed by atoms with Crippen LogP contribution in [-0.2, 0) is 24.7 Å². The van der Waals surface area contributed by atoms with Gasteiger partial charge in [-0.2, -0.15) is 0 Å². The lowest BCUT2D eigenvalue weighted by atomic mass is 9.82. The van der Waals surface area contributed by atoms with E-state index in [2.05, 4.69) is 11.5 Å². The molecule has 1 unspecified atom stereocenters. The van der Waals surface area contributed by atoms with Crippen LogP contribution in [0.5, 0.6) is 5.75 Å². The number of ketones is 1. The number of amides is 2. The topological polar surface area (TPSA) is 99.6 Å². The van der Waals surface area contributed by atoms with Crippen LogP contribution in [0, 0.1) is 0 Å². The lowest BCUT2D eigenvalue weighted by Crippen LogP contribution is -2.54. The van der Waals surface area contributed by atoms with E-state index in [4.69, 9.17) is 9.47 Å². The van der Waals surface area contributed by atoms with Gasteiger partial charge in [0.15, 0.2) is 5.54 Å². The van der Waals surface area contributed by atoms with Crippen molar-refractivity contribution in [3.8, 4) is 5.75 Å². The second kappa shape index (κ2) is 11.0. The van der Waals surface area contributed by atoms with E-state index in [1.165, 1.54) is 4.90 Å². The second-order valence-electron chi connectivity index (χ2n) is 9.77. The Bertz CT molecular complexity index is 1310. The molecule has 0 saturated carbocycles. The van der Waals surface area contributed by atoms with Gasteiger partial charge in [0, 0.05) is 43.9 Å². The van der Waals surface area contributed by atoms with Crippen LogP contribution in [0.1, 0.15) is 24.5 Å². The van der Waals surface area contributed by atoms with Gasteiger partial charge in [0.1, 0.15) is 18.1 Å². The van der Waals surface area contributed by atoms with Crippen LogP contribution in [-0.4, -0.2) is 85.0 Å². The van der Waals surface area contributed by atoms with Crippen molar-refractivity contribution in [2.45, 2.75) is 18.9 Å². The number of morpholine rings is 1. The number of nitrogens with zero attached hydrogens (tertiary/aromatic N) is 3. The Kier molecular flexibility index (Phi) is 7.54. The van der Waals surface area contributed by atoms with Crippen LogP contribution in [0.25, 0.3) is 5.76 Å². The Hall–Kier alpha value is -3.95. The van der Waals surface area contributed by atoms with Crippen molar-refractivity contribution in [1.29, 1.82) is 0 Å². The quantitative estimate of drug-likeness (QED) is 0.230.